The smallest absolute Gasteiger partial charge is 0.123 e. The largest absolute Gasteiger partial charge is 0.376 e. The van der Waals surface area contributed by atoms with Gasteiger partial charge in [0.15, 0.2) is 0 Å². The van der Waals surface area contributed by atoms with Gasteiger partial charge in [0.1, 0.15) is 5.82 Å². The zero-order chi connectivity index (χ0) is 10.8. The van der Waals surface area contributed by atoms with Gasteiger partial charge in [-0.1, -0.05) is 11.6 Å². The third-order valence-electron chi connectivity index (χ3n) is 2.68. The van der Waals surface area contributed by atoms with E-state index in [0.717, 1.165) is 19.4 Å². The van der Waals surface area contributed by atoms with Gasteiger partial charge < -0.3 is 10.5 Å². The highest BCUT2D eigenvalue weighted by Crippen LogP contribution is 2.29. The summed E-state index contributed by atoms with van der Waals surface area (Å²) < 4.78 is 18.5. The van der Waals surface area contributed by atoms with Crippen molar-refractivity contribution in [1.29, 1.82) is 0 Å². The summed E-state index contributed by atoms with van der Waals surface area (Å²) in [5.41, 5.74) is 6.62. The van der Waals surface area contributed by atoms with Crippen LogP contribution in [-0.2, 0) is 4.74 Å². The molecule has 0 amide bonds. The van der Waals surface area contributed by atoms with E-state index in [4.69, 9.17) is 22.1 Å². The van der Waals surface area contributed by atoms with Crippen LogP contribution in [0.4, 0.5) is 4.39 Å². The van der Waals surface area contributed by atoms with E-state index in [2.05, 4.69) is 0 Å². The molecule has 2 nitrogen and oxygen atoms in total. The standard InChI is InChI=1S/C11H13ClFNO/c12-9-4-3-7(13)6-8(9)11(14)10-2-1-5-15-10/h3-4,6,10-11H,1-2,5,14H2. The van der Waals surface area contributed by atoms with E-state index in [1.54, 1.807) is 0 Å². The molecule has 0 aromatic heterocycles. The zero-order valence-electron chi connectivity index (χ0n) is 8.25. The number of ether oxygens (including phenoxy) is 1. The monoisotopic (exact) mass is 229 g/mol. The molecule has 2 rings (SSSR count). The summed E-state index contributed by atoms with van der Waals surface area (Å²) in [6, 6.07) is 3.90. The lowest BCUT2D eigenvalue weighted by molar-refractivity contribution is 0.0900. The molecule has 82 valence electrons. The highest BCUT2D eigenvalue weighted by atomic mass is 35.5. The molecule has 0 bridgehead atoms. The van der Waals surface area contributed by atoms with E-state index in [0.29, 0.717) is 10.6 Å². The fourth-order valence-corrected chi connectivity index (χ4v) is 2.10. The number of rotatable bonds is 2. The van der Waals surface area contributed by atoms with Crippen LogP contribution in [0.3, 0.4) is 0 Å². The minimum Gasteiger partial charge on any atom is -0.376 e. The minimum absolute atomic E-state index is 0.0377. The van der Waals surface area contributed by atoms with Gasteiger partial charge in [-0.05, 0) is 36.6 Å². The molecular formula is C11H13ClFNO. The lowest BCUT2D eigenvalue weighted by atomic mass is 10.0. The topological polar surface area (TPSA) is 35.2 Å². The summed E-state index contributed by atoms with van der Waals surface area (Å²) in [7, 11) is 0. The molecule has 2 N–H and O–H groups in total. The number of nitrogens with two attached hydrogens (primary N) is 1. The maximum atomic E-state index is 13.0. The van der Waals surface area contributed by atoms with Gasteiger partial charge >= 0.3 is 0 Å². The van der Waals surface area contributed by atoms with Gasteiger partial charge in [-0.2, -0.15) is 0 Å². The number of hydrogen-bond acceptors (Lipinski definition) is 2. The fourth-order valence-electron chi connectivity index (χ4n) is 1.86. The van der Waals surface area contributed by atoms with E-state index in [1.165, 1.54) is 18.2 Å². The van der Waals surface area contributed by atoms with Crippen LogP contribution in [0.5, 0.6) is 0 Å². The van der Waals surface area contributed by atoms with Gasteiger partial charge in [-0.25, -0.2) is 4.39 Å². The summed E-state index contributed by atoms with van der Waals surface area (Å²) in [5.74, 6) is -0.317. The summed E-state index contributed by atoms with van der Waals surface area (Å²) in [6.45, 7) is 0.727. The Morgan fingerprint density at radius 1 is 1.53 bits per heavy atom. The predicted molar refractivity (Wildman–Crippen MR) is 57.3 cm³/mol. The van der Waals surface area contributed by atoms with Gasteiger partial charge in [0.25, 0.3) is 0 Å². The molecule has 0 radical (unpaired) electrons. The van der Waals surface area contributed by atoms with Gasteiger partial charge in [-0.15, -0.1) is 0 Å². The maximum Gasteiger partial charge on any atom is 0.123 e. The summed E-state index contributed by atoms with van der Waals surface area (Å²) in [6.07, 6.45) is 1.88. The second-order valence-corrected chi connectivity index (χ2v) is 4.15. The van der Waals surface area contributed by atoms with Crippen LogP contribution in [0.25, 0.3) is 0 Å². The molecule has 15 heavy (non-hydrogen) atoms. The van der Waals surface area contributed by atoms with Crippen LogP contribution in [-0.4, -0.2) is 12.7 Å². The van der Waals surface area contributed by atoms with Crippen molar-refractivity contribution >= 4 is 11.6 Å². The van der Waals surface area contributed by atoms with Crippen LogP contribution >= 0.6 is 11.6 Å². The molecule has 1 fully saturated rings. The number of benzene rings is 1. The van der Waals surface area contributed by atoms with Crippen molar-refractivity contribution < 1.29 is 9.13 Å². The van der Waals surface area contributed by atoms with Gasteiger partial charge in [-0.3, -0.25) is 0 Å². The Bertz CT molecular complexity index is 352. The van der Waals surface area contributed by atoms with Crippen molar-refractivity contribution in [3.8, 4) is 0 Å². The van der Waals surface area contributed by atoms with E-state index < -0.39 is 0 Å². The summed E-state index contributed by atoms with van der Waals surface area (Å²) in [5, 5.41) is 0.499. The molecule has 0 spiro atoms. The van der Waals surface area contributed by atoms with Crippen molar-refractivity contribution in [1.82, 2.24) is 0 Å². The first-order chi connectivity index (χ1) is 7.18. The molecule has 0 saturated carbocycles. The normalized spacial score (nSPS) is 23.0. The Morgan fingerprint density at radius 2 is 2.33 bits per heavy atom. The Kier molecular flexibility index (Phi) is 3.24. The van der Waals surface area contributed by atoms with Crippen molar-refractivity contribution in [3.63, 3.8) is 0 Å². The summed E-state index contributed by atoms with van der Waals surface area (Å²) in [4.78, 5) is 0. The quantitative estimate of drug-likeness (QED) is 0.846. The van der Waals surface area contributed by atoms with Gasteiger partial charge in [0, 0.05) is 11.6 Å². The second kappa shape index (κ2) is 4.47. The molecule has 2 unspecified atom stereocenters. The first-order valence-corrected chi connectivity index (χ1v) is 5.38. The van der Waals surface area contributed by atoms with Crippen molar-refractivity contribution in [3.05, 3.63) is 34.6 Å². The molecule has 1 saturated heterocycles. The second-order valence-electron chi connectivity index (χ2n) is 3.74. The number of halogens is 2. The molecule has 4 heteroatoms. The van der Waals surface area contributed by atoms with Crippen molar-refractivity contribution in [2.45, 2.75) is 25.0 Å². The van der Waals surface area contributed by atoms with Crippen LogP contribution in [0, 0.1) is 5.82 Å². The Morgan fingerprint density at radius 3 is 3.00 bits per heavy atom. The maximum absolute atomic E-state index is 13.0. The predicted octanol–water partition coefficient (Wildman–Crippen LogP) is 2.66. The highest BCUT2D eigenvalue weighted by molar-refractivity contribution is 6.31. The third-order valence-corrected chi connectivity index (χ3v) is 3.03. The minimum atomic E-state index is -0.337. The van der Waals surface area contributed by atoms with Crippen LogP contribution in [0.15, 0.2) is 18.2 Å². The highest BCUT2D eigenvalue weighted by Gasteiger charge is 2.25. The molecule has 1 aromatic rings. The summed E-state index contributed by atoms with van der Waals surface area (Å²) >= 11 is 5.97. The Hall–Kier alpha value is -0.640. The molecule has 0 aliphatic carbocycles. The van der Waals surface area contributed by atoms with Crippen LogP contribution in [0.1, 0.15) is 24.4 Å². The third kappa shape index (κ3) is 2.30. The van der Waals surface area contributed by atoms with E-state index in [1.807, 2.05) is 0 Å². The lowest BCUT2D eigenvalue weighted by Gasteiger charge is -2.19. The van der Waals surface area contributed by atoms with Crippen molar-refractivity contribution in [2.75, 3.05) is 6.61 Å². The molecule has 2 atom stereocenters. The van der Waals surface area contributed by atoms with E-state index in [-0.39, 0.29) is 18.0 Å². The molecule has 1 aliphatic heterocycles. The molecule has 1 aromatic carbocycles. The average Bonchev–Trinajstić information content (AvgIpc) is 2.74. The lowest BCUT2D eigenvalue weighted by Crippen LogP contribution is -2.25. The average molecular weight is 230 g/mol. The van der Waals surface area contributed by atoms with Crippen LogP contribution < -0.4 is 5.73 Å². The first kappa shape index (κ1) is 10.9. The van der Waals surface area contributed by atoms with Crippen molar-refractivity contribution in [2.24, 2.45) is 5.73 Å². The molecule has 1 aliphatic rings. The van der Waals surface area contributed by atoms with Gasteiger partial charge in [0.05, 0.1) is 12.1 Å². The van der Waals surface area contributed by atoms with E-state index in [9.17, 15) is 4.39 Å². The van der Waals surface area contributed by atoms with Gasteiger partial charge in [0.2, 0.25) is 0 Å². The number of hydrogen-bond donors (Lipinski definition) is 1. The molecular weight excluding hydrogens is 217 g/mol. The SMILES string of the molecule is NC(c1cc(F)ccc1Cl)C1CCCO1. The van der Waals surface area contributed by atoms with Crippen LogP contribution in [0.2, 0.25) is 5.02 Å². The molecule has 1 heterocycles. The Balaban J connectivity index is 2.23. The first-order valence-electron chi connectivity index (χ1n) is 5.00. The fraction of sp³-hybridized carbons (Fsp3) is 0.455. The zero-order valence-corrected chi connectivity index (χ0v) is 9.01. The Labute approximate surface area is 93.2 Å². The van der Waals surface area contributed by atoms with E-state index >= 15 is 0 Å².